The van der Waals surface area contributed by atoms with Crippen molar-refractivity contribution in [2.75, 3.05) is 19.7 Å². The highest BCUT2D eigenvalue weighted by atomic mass is 16.3. The lowest BCUT2D eigenvalue weighted by atomic mass is 10.1. The molecule has 0 aliphatic heterocycles. The maximum Gasteiger partial charge on any atom is 0.0894 e. The molecule has 4 N–H and O–H groups in total. The molecule has 1 rings (SSSR count). The molecule has 0 aromatic rings. The molecule has 4 heteroatoms. The number of aliphatic hydroxyl groups is 3. The van der Waals surface area contributed by atoms with Crippen LogP contribution in [0.2, 0.25) is 0 Å². The van der Waals surface area contributed by atoms with Gasteiger partial charge in [-0.25, -0.2) is 0 Å². The predicted molar refractivity (Wildman–Crippen MR) is 49.3 cm³/mol. The van der Waals surface area contributed by atoms with Crippen molar-refractivity contribution in [2.24, 2.45) is 5.92 Å². The third kappa shape index (κ3) is 3.60. The number of hydrogen-bond acceptors (Lipinski definition) is 4. The molecule has 2 unspecified atom stereocenters. The van der Waals surface area contributed by atoms with E-state index in [4.69, 9.17) is 10.2 Å². The molecule has 0 heterocycles. The first-order chi connectivity index (χ1) is 6.24. The first-order valence-corrected chi connectivity index (χ1v) is 4.91. The number of nitrogens with one attached hydrogen (secondary N) is 1. The van der Waals surface area contributed by atoms with Crippen molar-refractivity contribution in [3.63, 3.8) is 0 Å². The van der Waals surface area contributed by atoms with Gasteiger partial charge >= 0.3 is 0 Å². The zero-order chi connectivity index (χ0) is 9.68. The minimum atomic E-state index is -0.682. The maximum atomic E-state index is 9.46. The normalized spacial score (nSPS) is 30.7. The molecular weight excluding hydrogens is 170 g/mol. The van der Waals surface area contributed by atoms with Crippen molar-refractivity contribution in [2.45, 2.75) is 31.5 Å². The van der Waals surface area contributed by atoms with Gasteiger partial charge < -0.3 is 20.6 Å². The summed E-state index contributed by atoms with van der Waals surface area (Å²) in [5, 5.41) is 30.1. The smallest absolute Gasteiger partial charge is 0.0894 e. The van der Waals surface area contributed by atoms with E-state index >= 15 is 0 Å². The van der Waals surface area contributed by atoms with Crippen molar-refractivity contribution in [1.29, 1.82) is 0 Å². The highest BCUT2D eigenvalue weighted by Gasteiger charge is 2.24. The zero-order valence-corrected chi connectivity index (χ0v) is 7.82. The van der Waals surface area contributed by atoms with E-state index < -0.39 is 6.10 Å². The largest absolute Gasteiger partial charge is 0.394 e. The van der Waals surface area contributed by atoms with Crippen molar-refractivity contribution in [1.82, 2.24) is 5.32 Å². The van der Waals surface area contributed by atoms with Crippen LogP contribution in [0.15, 0.2) is 0 Å². The molecule has 0 radical (unpaired) electrons. The van der Waals surface area contributed by atoms with Crippen LogP contribution in [-0.2, 0) is 0 Å². The standard InChI is InChI=1S/C9H19NO3/c11-6-8(12)5-10-4-7-2-1-3-9(7)13/h7-13H,1-6H2/t7?,8-,9?/m0/s1. The third-order valence-corrected chi connectivity index (χ3v) is 2.62. The van der Waals surface area contributed by atoms with Gasteiger partial charge in [0.2, 0.25) is 0 Å². The quantitative estimate of drug-likeness (QED) is 0.452. The van der Waals surface area contributed by atoms with E-state index in [-0.39, 0.29) is 12.7 Å². The van der Waals surface area contributed by atoms with Crippen LogP contribution in [0, 0.1) is 5.92 Å². The van der Waals surface area contributed by atoms with Gasteiger partial charge in [-0.2, -0.15) is 0 Å². The van der Waals surface area contributed by atoms with Crippen molar-refractivity contribution in [3.05, 3.63) is 0 Å². The van der Waals surface area contributed by atoms with Crippen molar-refractivity contribution in [3.8, 4) is 0 Å². The second-order valence-corrected chi connectivity index (χ2v) is 3.75. The van der Waals surface area contributed by atoms with Gasteiger partial charge in [-0.3, -0.25) is 0 Å². The molecule has 1 aliphatic carbocycles. The molecule has 1 saturated carbocycles. The Morgan fingerprint density at radius 3 is 2.69 bits per heavy atom. The van der Waals surface area contributed by atoms with Crippen LogP contribution >= 0.6 is 0 Å². The SMILES string of the molecule is OC[C@@H](O)CNCC1CCCC1O. The zero-order valence-electron chi connectivity index (χ0n) is 7.82. The summed E-state index contributed by atoms with van der Waals surface area (Å²) in [6.45, 7) is 0.929. The van der Waals surface area contributed by atoms with Gasteiger partial charge in [-0.1, -0.05) is 6.42 Å². The molecule has 0 bridgehead atoms. The summed E-state index contributed by atoms with van der Waals surface area (Å²) in [6.07, 6.45) is 2.19. The van der Waals surface area contributed by atoms with Crippen LogP contribution in [0.4, 0.5) is 0 Å². The Morgan fingerprint density at radius 2 is 2.15 bits per heavy atom. The fraction of sp³-hybridized carbons (Fsp3) is 1.00. The number of rotatable bonds is 5. The Morgan fingerprint density at radius 1 is 1.38 bits per heavy atom. The molecule has 0 aromatic carbocycles. The summed E-state index contributed by atoms with van der Waals surface area (Å²) < 4.78 is 0. The van der Waals surface area contributed by atoms with E-state index in [2.05, 4.69) is 5.32 Å². The second-order valence-electron chi connectivity index (χ2n) is 3.75. The summed E-state index contributed by atoms with van der Waals surface area (Å²) in [4.78, 5) is 0. The monoisotopic (exact) mass is 189 g/mol. The number of aliphatic hydroxyl groups excluding tert-OH is 3. The molecule has 4 nitrogen and oxygen atoms in total. The predicted octanol–water partition coefficient (Wildman–Crippen LogP) is -0.910. The molecule has 0 saturated heterocycles. The van der Waals surface area contributed by atoms with Gasteiger partial charge in [0.1, 0.15) is 0 Å². The topological polar surface area (TPSA) is 72.7 Å². The summed E-state index contributed by atoms with van der Waals surface area (Å²) >= 11 is 0. The molecule has 1 fully saturated rings. The lowest BCUT2D eigenvalue weighted by molar-refractivity contribution is 0.0885. The summed E-state index contributed by atoms with van der Waals surface area (Å²) in [5.74, 6) is 0.325. The molecule has 13 heavy (non-hydrogen) atoms. The van der Waals surface area contributed by atoms with E-state index in [1.807, 2.05) is 0 Å². The van der Waals surface area contributed by atoms with Crippen LogP contribution in [0.5, 0.6) is 0 Å². The van der Waals surface area contributed by atoms with E-state index in [1.54, 1.807) is 0 Å². The highest BCUT2D eigenvalue weighted by molar-refractivity contribution is 4.78. The lowest BCUT2D eigenvalue weighted by Gasteiger charge is -2.16. The summed E-state index contributed by atoms with van der Waals surface area (Å²) in [7, 11) is 0. The molecule has 0 aromatic heterocycles. The molecule has 1 aliphatic rings. The minimum absolute atomic E-state index is 0.182. The van der Waals surface area contributed by atoms with E-state index in [0.717, 1.165) is 25.8 Å². The maximum absolute atomic E-state index is 9.46. The Hall–Kier alpha value is -0.160. The van der Waals surface area contributed by atoms with Crippen LogP contribution in [-0.4, -0.2) is 47.2 Å². The van der Waals surface area contributed by atoms with Gasteiger partial charge in [-0.05, 0) is 18.8 Å². The first kappa shape index (κ1) is 10.9. The van der Waals surface area contributed by atoms with Crippen LogP contribution in [0.1, 0.15) is 19.3 Å². The molecule has 78 valence electrons. The van der Waals surface area contributed by atoms with Crippen molar-refractivity contribution >= 4 is 0 Å². The average Bonchev–Trinajstić information content (AvgIpc) is 2.52. The van der Waals surface area contributed by atoms with Crippen molar-refractivity contribution < 1.29 is 15.3 Å². The van der Waals surface area contributed by atoms with Gasteiger partial charge in [0.15, 0.2) is 0 Å². The molecule has 0 amide bonds. The molecular formula is C9H19NO3. The molecule has 3 atom stereocenters. The van der Waals surface area contributed by atoms with E-state index in [1.165, 1.54) is 0 Å². The molecule has 0 spiro atoms. The van der Waals surface area contributed by atoms with E-state index in [9.17, 15) is 5.11 Å². The average molecular weight is 189 g/mol. The first-order valence-electron chi connectivity index (χ1n) is 4.91. The lowest BCUT2D eigenvalue weighted by Crippen LogP contribution is -2.34. The fourth-order valence-electron chi connectivity index (χ4n) is 1.76. The van der Waals surface area contributed by atoms with Crippen LogP contribution in [0.3, 0.4) is 0 Å². The van der Waals surface area contributed by atoms with Crippen LogP contribution < -0.4 is 5.32 Å². The van der Waals surface area contributed by atoms with Gasteiger partial charge in [0.05, 0.1) is 18.8 Å². The number of hydrogen-bond donors (Lipinski definition) is 4. The minimum Gasteiger partial charge on any atom is -0.394 e. The Bertz CT molecular complexity index is 143. The van der Waals surface area contributed by atoms with E-state index in [0.29, 0.717) is 12.5 Å². The Kier molecular flexibility index (Phi) is 4.66. The fourth-order valence-corrected chi connectivity index (χ4v) is 1.76. The Balaban J connectivity index is 2.05. The van der Waals surface area contributed by atoms with Gasteiger partial charge in [-0.15, -0.1) is 0 Å². The van der Waals surface area contributed by atoms with Gasteiger partial charge in [0, 0.05) is 13.1 Å². The third-order valence-electron chi connectivity index (χ3n) is 2.62. The highest BCUT2D eigenvalue weighted by Crippen LogP contribution is 2.24. The summed E-state index contributed by atoms with van der Waals surface area (Å²) in [5.41, 5.74) is 0. The van der Waals surface area contributed by atoms with Crippen LogP contribution in [0.25, 0.3) is 0 Å². The Labute approximate surface area is 78.6 Å². The second kappa shape index (κ2) is 5.54. The summed E-state index contributed by atoms with van der Waals surface area (Å²) in [6, 6.07) is 0. The van der Waals surface area contributed by atoms with Gasteiger partial charge in [0.25, 0.3) is 0 Å².